The molecule has 2 heterocycles. The van der Waals surface area contributed by atoms with E-state index in [-0.39, 0.29) is 17.9 Å². The zero-order valence-electron chi connectivity index (χ0n) is 12.2. The van der Waals surface area contributed by atoms with Crippen molar-refractivity contribution in [2.75, 3.05) is 13.2 Å². The Bertz CT molecular complexity index is 436. The maximum atomic E-state index is 12.0. The number of carbonyl (C=O) groups excluding carboxylic acids is 1. The van der Waals surface area contributed by atoms with Crippen LogP contribution in [-0.2, 0) is 16.1 Å². The van der Waals surface area contributed by atoms with Crippen LogP contribution in [0.15, 0.2) is 18.5 Å². The lowest BCUT2D eigenvalue weighted by atomic mass is 10.0. The number of carbonyl (C=O) groups is 1. The molecule has 1 aromatic rings. The number of hydrogen-bond donors (Lipinski definition) is 2. The highest BCUT2D eigenvalue weighted by Crippen LogP contribution is 2.21. The molecule has 1 saturated heterocycles. The van der Waals surface area contributed by atoms with E-state index in [0.29, 0.717) is 6.54 Å². The fraction of sp³-hybridized carbons (Fsp3) is 0.667. The Morgan fingerprint density at radius 3 is 2.85 bits per heavy atom. The third kappa shape index (κ3) is 4.08. The molecule has 2 N–H and O–H groups in total. The predicted octanol–water partition coefficient (Wildman–Crippen LogP) is 1.47. The molecule has 1 atom stereocenters. The van der Waals surface area contributed by atoms with Gasteiger partial charge in [0.05, 0.1) is 6.10 Å². The third-order valence-corrected chi connectivity index (χ3v) is 3.66. The SMILES string of the molecule is CC(C)C(O)c1ccn(CC(=O)NC2CCOCC2)c1. The number of aliphatic hydroxyl groups is 1. The van der Waals surface area contributed by atoms with Gasteiger partial charge in [-0.3, -0.25) is 4.79 Å². The summed E-state index contributed by atoms with van der Waals surface area (Å²) in [4.78, 5) is 12.0. The van der Waals surface area contributed by atoms with E-state index in [1.54, 1.807) is 0 Å². The average molecular weight is 280 g/mol. The quantitative estimate of drug-likeness (QED) is 0.858. The third-order valence-electron chi connectivity index (χ3n) is 3.66. The molecule has 0 aliphatic carbocycles. The lowest BCUT2D eigenvalue weighted by Crippen LogP contribution is -2.40. The van der Waals surface area contributed by atoms with Crippen LogP contribution in [0.3, 0.4) is 0 Å². The highest BCUT2D eigenvalue weighted by Gasteiger charge is 2.17. The molecule has 0 bridgehead atoms. The molecule has 1 aromatic heterocycles. The Morgan fingerprint density at radius 2 is 2.20 bits per heavy atom. The molecule has 1 aliphatic heterocycles. The summed E-state index contributed by atoms with van der Waals surface area (Å²) in [5, 5.41) is 13.0. The van der Waals surface area contributed by atoms with Gasteiger partial charge in [0.2, 0.25) is 5.91 Å². The lowest BCUT2D eigenvalue weighted by molar-refractivity contribution is -0.122. The van der Waals surface area contributed by atoms with Crippen molar-refractivity contribution in [1.29, 1.82) is 0 Å². The number of nitrogens with one attached hydrogen (secondary N) is 1. The maximum absolute atomic E-state index is 12.0. The van der Waals surface area contributed by atoms with Crippen LogP contribution in [0.25, 0.3) is 0 Å². The van der Waals surface area contributed by atoms with Gasteiger partial charge in [-0.2, -0.15) is 0 Å². The number of aliphatic hydroxyl groups excluding tert-OH is 1. The van der Waals surface area contributed by atoms with Crippen molar-refractivity contribution in [3.05, 3.63) is 24.0 Å². The van der Waals surface area contributed by atoms with Gasteiger partial charge in [0.15, 0.2) is 0 Å². The summed E-state index contributed by atoms with van der Waals surface area (Å²) >= 11 is 0. The predicted molar refractivity (Wildman–Crippen MR) is 76.2 cm³/mol. The minimum atomic E-state index is -0.477. The van der Waals surface area contributed by atoms with Crippen LogP contribution in [0, 0.1) is 5.92 Å². The molecular formula is C15H24N2O3. The highest BCUT2D eigenvalue weighted by molar-refractivity contribution is 5.76. The van der Waals surface area contributed by atoms with Crippen molar-refractivity contribution < 1.29 is 14.6 Å². The van der Waals surface area contributed by atoms with Gasteiger partial charge in [-0.15, -0.1) is 0 Å². The van der Waals surface area contributed by atoms with E-state index in [4.69, 9.17) is 4.74 Å². The first-order valence-electron chi connectivity index (χ1n) is 7.27. The summed E-state index contributed by atoms with van der Waals surface area (Å²) < 4.78 is 7.08. The van der Waals surface area contributed by atoms with E-state index in [2.05, 4.69) is 5.32 Å². The van der Waals surface area contributed by atoms with E-state index in [1.165, 1.54) is 0 Å². The van der Waals surface area contributed by atoms with Gasteiger partial charge in [-0.1, -0.05) is 13.8 Å². The molecule has 112 valence electrons. The minimum absolute atomic E-state index is 0.0121. The van der Waals surface area contributed by atoms with Gasteiger partial charge in [0.1, 0.15) is 6.54 Å². The van der Waals surface area contributed by atoms with Crippen molar-refractivity contribution in [2.24, 2.45) is 5.92 Å². The second kappa shape index (κ2) is 6.90. The van der Waals surface area contributed by atoms with Crippen LogP contribution in [0.4, 0.5) is 0 Å². The van der Waals surface area contributed by atoms with Crippen molar-refractivity contribution in [1.82, 2.24) is 9.88 Å². The first kappa shape index (κ1) is 15.1. The maximum Gasteiger partial charge on any atom is 0.240 e. The van der Waals surface area contributed by atoms with Crippen molar-refractivity contribution in [2.45, 2.75) is 45.4 Å². The van der Waals surface area contributed by atoms with Crippen LogP contribution in [-0.4, -0.2) is 34.8 Å². The van der Waals surface area contributed by atoms with E-state index >= 15 is 0 Å². The molecule has 1 amide bonds. The fourth-order valence-corrected chi connectivity index (χ4v) is 2.40. The Hall–Kier alpha value is -1.33. The zero-order chi connectivity index (χ0) is 14.5. The number of nitrogens with zero attached hydrogens (tertiary/aromatic N) is 1. The Kier molecular flexibility index (Phi) is 5.20. The molecule has 2 rings (SSSR count). The number of rotatable bonds is 5. The van der Waals surface area contributed by atoms with Gasteiger partial charge in [0.25, 0.3) is 0 Å². The van der Waals surface area contributed by atoms with E-state index in [9.17, 15) is 9.90 Å². The molecule has 0 aromatic carbocycles. The molecule has 0 radical (unpaired) electrons. The van der Waals surface area contributed by atoms with Gasteiger partial charge < -0.3 is 19.7 Å². The summed E-state index contributed by atoms with van der Waals surface area (Å²) in [6.07, 6.45) is 4.97. The van der Waals surface area contributed by atoms with E-state index < -0.39 is 6.10 Å². The van der Waals surface area contributed by atoms with Gasteiger partial charge >= 0.3 is 0 Å². The topological polar surface area (TPSA) is 63.5 Å². The summed E-state index contributed by atoms with van der Waals surface area (Å²) in [7, 11) is 0. The Morgan fingerprint density at radius 1 is 1.50 bits per heavy atom. The molecule has 5 nitrogen and oxygen atoms in total. The number of amides is 1. The van der Waals surface area contributed by atoms with E-state index in [0.717, 1.165) is 31.6 Å². The van der Waals surface area contributed by atoms with Crippen molar-refractivity contribution in [3.8, 4) is 0 Å². The summed E-state index contributed by atoms with van der Waals surface area (Å²) in [6.45, 7) is 5.68. The van der Waals surface area contributed by atoms with Crippen molar-refractivity contribution in [3.63, 3.8) is 0 Å². The first-order chi connectivity index (χ1) is 9.56. The number of hydrogen-bond acceptors (Lipinski definition) is 3. The van der Waals surface area contributed by atoms with Gasteiger partial charge in [-0.25, -0.2) is 0 Å². The van der Waals surface area contributed by atoms with Crippen LogP contribution in [0.2, 0.25) is 0 Å². The highest BCUT2D eigenvalue weighted by atomic mass is 16.5. The van der Waals surface area contributed by atoms with Gasteiger partial charge in [0, 0.05) is 31.6 Å². The van der Waals surface area contributed by atoms with Crippen LogP contribution in [0.1, 0.15) is 38.4 Å². The monoisotopic (exact) mass is 280 g/mol. The molecule has 20 heavy (non-hydrogen) atoms. The minimum Gasteiger partial charge on any atom is -0.388 e. The molecule has 5 heteroatoms. The second-order valence-corrected chi connectivity index (χ2v) is 5.76. The largest absolute Gasteiger partial charge is 0.388 e. The second-order valence-electron chi connectivity index (χ2n) is 5.76. The Balaban J connectivity index is 1.85. The molecule has 1 aliphatic rings. The number of aromatic nitrogens is 1. The average Bonchev–Trinajstić information content (AvgIpc) is 2.87. The summed E-state index contributed by atoms with van der Waals surface area (Å²) in [6, 6.07) is 2.10. The summed E-state index contributed by atoms with van der Waals surface area (Å²) in [5.74, 6) is 0.181. The van der Waals surface area contributed by atoms with Crippen LogP contribution >= 0.6 is 0 Å². The standard InChI is InChI=1S/C15H24N2O3/c1-11(2)15(19)12-3-6-17(9-12)10-14(18)16-13-4-7-20-8-5-13/h3,6,9,11,13,15,19H,4-5,7-8,10H2,1-2H3,(H,16,18). The van der Waals surface area contributed by atoms with Crippen LogP contribution < -0.4 is 5.32 Å². The zero-order valence-corrected chi connectivity index (χ0v) is 12.2. The molecule has 0 spiro atoms. The fourth-order valence-electron chi connectivity index (χ4n) is 2.40. The first-order valence-corrected chi connectivity index (χ1v) is 7.27. The van der Waals surface area contributed by atoms with E-state index in [1.807, 2.05) is 36.9 Å². The Labute approximate surface area is 119 Å². The molecule has 0 saturated carbocycles. The van der Waals surface area contributed by atoms with Crippen molar-refractivity contribution >= 4 is 5.91 Å². The normalized spacial score (nSPS) is 18.2. The molecular weight excluding hydrogens is 256 g/mol. The smallest absolute Gasteiger partial charge is 0.240 e. The molecule has 1 fully saturated rings. The van der Waals surface area contributed by atoms with Crippen LogP contribution in [0.5, 0.6) is 0 Å². The lowest BCUT2D eigenvalue weighted by Gasteiger charge is -2.23. The summed E-state index contributed by atoms with van der Waals surface area (Å²) in [5.41, 5.74) is 0.860. The number of ether oxygens (including phenoxy) is 1. The molecule has 1 unspecified atom stereocenters. The van der Waals surface area contributed by atoms with Gasteiger partial charge in [-0.05, 0) is 30.4 Å².